The fourth-order valence-electron chi connectivity index (χ4n) is 3.18. The van der Waals surface area contributed by atoms with Gasteiger partial charge in [0.05, 0.1) is 5.02 Å². The molecule has 0 bridgehead atoms. The molecule has 1 aromatic carbocycles. The molecule has 0 aromatic heterocycles. The molecular formula is C16H25BrClN3. The number of rotatable bonds is 5. The highest BCUT2D eigenvalue weighted by Gasteiger charge is 2.25. The van der Waals surface area contributed by atoms with Gasteiger partial charge in [-0.1, -0.05) is 17.7 Å². The molecule has 1 unspecified atom stereocenters. The molecule has 1 aromatic rings. The van der Waals surface area contributed by atoms with Crippen LogP contribution in [-0.4, -0.2) is 50.1 Å². The number of likely N-dealkylation sites (tertiary alicyclic amines) is 1. The van der Waals surface area contributed by atoms with E-state index in [9.17, 15) is 0 Å². The van der Waals surface area contributed by atoms with Gasteiger partial charge in [-0.25, -0.2) is 0 Å². The van der Waals surface area contributed by atoms with E-state index >= 15 is 0 Å². The zero-order valence-corrected chi connectivity index (χ0v) is 15.2. The smallest absolute Gasteiger partial charge is 0.0548 e. The van der Waals surface area contributed by atoms with Gasteiger partial charge < -0.3 is 10.6 Å². The third-order valence-electron chi connectivity index (χ3n) is 4.26. The van der Waals surface area contributed by atoms with Crippen molar-refractivity contribution in [2.75, 3.05) is 40.3 Å². The molecule has 0 radical (unpaired) electrons. The van der Waals surface area contributed by atoms with E-state index in [1.807, 2.05) is 6.07 Å². The van der Waals surface area contributed by atoms with Crippen molar-refractivity contribution in [3.05, 3.63) is 33.3 Å². The summed E-state index contributed by atoms with van der Waals surface area (Å²) >= 11 is 9.59. The minimum absolute atomic E-state index is 0.291. The minimum Gasteiger partial charge on any atom is -0.329 e. The van der Waals surface area contributed by atoms with Crippen LogP contribution in [0.25, 0.3) is 0 Å². The third-order valence-corrected chi connectivity index (χ3v) is 5.48. The first kappa shape index (κ1) is 17.2. The third kappa shape index (κ3) is 4.67. The number of nitrogens with zero attached hydrogens (tertiary/aromatic N) is 2. The summed E-state index contributed by atoms with van der Waals surface area (Å²) in [5.74, 6) is 0.812. The molecule has 118 valence electrons. The second kappa shape index (κ2) is 7.93. The Labute approximate surface area is 141 Å². The van der Waals surface area contributed by atoms with Crippen molar-refractivity contribution < 1.29 is 0 Å². The van der Waals surface area contributed by atoms with Crippen molar-refractivity contribution in [3.63, 3.8) is 0 Å². The van der Waals surface area contributed by atoms with Crippen molar-refractivity contribution >= 4 is 27.5 Å². The molecule has 5 heteroatoms. The maximum Gasteiger partial charge on any atom is 0.0548 e. The van der Waals surface area contributed by atoms with Gasteiger partial charge in [-0.15, -0.1) is 0 Å². The Bertz CT molecular complexity index is 459. The van der Waals surface area contributed by atoms with Crippen molar-refractivity contribution in [1.29, 1.82) is 0 Å². The summed E-state index contributed by atoms with van der Waals surface area (Å²) in [6, 6.07) is 6.43. The number of piperidine rings is 1. The number of nitrogens with two attached hydrogens (primary N) is 1. The molecule has 1 aliphatic heterocycles. The molecule has 0 saturated carbocycles. The largest absolute Gasteiger partial charge is 0.329 e. The molecule has 1 fully saturated rings. The first-order valence-electron chi connectivity index (χ1n) is 7.55. The van der Waals surface area contributed by atoms with E-state index < -0.39 is 0 Å². The maximum absolute atomic E-state index is 6.09. The lowest BCUT2D eigenvalue weighted by molar-refractivity contribution is 0.122. The van der Waals surface area contributed by atoms with Gasteiger partial charge in [0, 0.05) is 23.6 Å². The predicted octanol–water partition coefficient (Wildman–Crippen LogP) is 3.38. The lowest BCUT2D eigenvalue weighted by Crippen LogP contribution is -2.41. The van der Waals surface area contributed by atoms with Crippen molar-refractivity contribution in [2.45, 2.75) is 18.9 Å². The Kier molecular flexibility index (Phi) is 6.51. The van der Waals surface area contributed by atoms with Crippen molar-refractivity contribution in [1.82, 2.24) is 9.80 Å². The van der Waals surface area contributed by atoms with Crippen LogP contribution in [0.5, 0.6) is 0 Å². The van der Waals surface area contributed by atoms with Crippen LogP contribution in [0.1, 0.15) is 24.4 Å². The molecule has 0 amide bonds. The molecular weight excluding hydrogens is 350 g/mol. The fourth-order valence-corrected chi connectivity index (χ4v) is 3.69. The van der Waals surface area contributed by atoms with Crippen LogP contribution in [0.15, 0.2) is 22.7 Å². The van der Waals surface area contributed by atoms with E-state index in [2.05, 4.69) is 52.0 Å². The van der Waals surface area contributed by atoms with Gasteiger partial charge in [0.1, 0.15) is 0 Å². The average Bonchev–Trinajstić information content (AvgIpc) is 2.45. The molecule has 1 saturated heterocycles. The van der Waals surface area contributed by atoms with E-state index in [1.54, 1.807) is 0 Å². The quantitative estimate of drug-likeness (QED) is 0.857. The molecule has 21 heavy (non-hydrogen) atoms. The second-order valence-electron chi connectivity index (χ2n) is 6.17. The number of halogens is 2. The van der Waals surface area contributed by atoms with Gasteiger partial charge in [0.15, 0.2) is 0 Å². The lowest BCUT2D eigenvalue weighted by Gasteiger charge is -2.38. The normalized spacial score (nSPS) is 19.1. The van der Waals surface area contributed by atoms with E-state index in [1.165, 1.54) is 24.9 Å². The standard InChI is InChI=1S/C16H25BrClN3/c1-20(2)11-12-5-7-21(8-6-12)16(10-19)13-3-4-15(18)14(17)9-13/h3-4,9,12,16H,5-8,10-11,19H2,1-2H3. The van der Waals surface area contributed by atoms with E-state index in [0.29, 0.717) is 12.6 Å². The van der Waals surface area contributed by atoms with Gasteiger partial charge >= 0.3 is 0 Å². The van der Waals surface area contributed by atoms with Crippen LogP contribution in [0, 0.1) is 5.92 Å². The molecule has 2 rings (SSSR count). The summed E-state index contributed by atoms with van der Waals surface area (Å²) in [4.78, 5) is 4.80. The van der Waals surface area contributed by atoms with E-state index in [-0.39, 0.29) is 0 Å². The predicted molar refractivity (Wildman–Crippen MR) is 93.8 cm³/mol. The topological polar surface area (TPSA) is 32.5 Å². The molecule has 1 aliphatic rings. The Morgan fingerprint density at radius 1 is 1.38 bits per heavy atom. The summed E-state index contributed by atoms with van der Waals surface area (Å²) in [5.41, 5.74) is 7.29. The van der Waals surface area contributed by atoms with E-state index in [0.717, 1.165) is 28.5 Å². The highest BCUT2D eigenvalue weighted by molar-refractivity contribution is 9.10. The molecule has 1 heterocycles. The SMILES string of the molecule is CN(C)CC1CCN(C(CN)c2ccc(Cl)c(Br)c2)CC1. The first-order valence-corrected chi connectivity index (χ1v) is 8.72. The van der Waals surface area contributed by atoms with Crippen LogP contribution in [0.2, 0.25) is 5.02 Å². The summed E-state index contributed by atoms with van der Waals surface area (Å²) in [6.07, 6.45) is 2.51. The summed E-state index contributed by atoms with van der Waals surface area (Å²) in [5, 5.41) is 0.749. The maximum atomic E-state index is 6.09. The van der Waals surface area contributed by atoms with Crippen LogP contribution in [-0.2, 0) is 0 Å². The van der Waals surface area contributed by atoms with Gasteiger partial charge in [-0.2, -0.15) is 0 Å². The Balaban J connectivity index is 2.00. The highest BCUT2D eigenvalue weighted by Crippen LogP contribution is 2.30. The summed E-state index contributed by atoms with van der Waals surface area (Å²) in [7, 11) is 4.31. The van der Waals surface area contributed by atoms with Crippen LogP contribution >= 0.6 is 27.5 Å². The number of hydrogen-bond acceptors (Lipinski definition) is 3. The van der Waals surface area contributed by atoms with Crippen LogP contribution in [0.3, 0.4) is 0 Å². The molecule has 2 N–H and O–H groups in total. The van der Waals surface area contributed by atoms with Crippen LogP contribution < -0.4 is 5.73 Å². The molecule has 1 atom stereocenters. The summed E-state index contributed by atoms with van der Waals surface area (Å²) < 4.78 is 0.947. The van der Waals surface area contributed by atoms with Gasteiger partial charge in [0.25, 0.3) is 0 Å². The first-order chi connectivity index (χ1) is 10.0. The van der Waals surface area contributed by atoms with Crippen molar-refractivity contribution in [3.8, 4) is 0 Å². The zero-order chi connectivity index (χ0) is 15.4. The fraction of sp³-hybridized carbons (Fsp3) is 0.625. The minimum atomic E-state index is 0.291. The molecule has 0 aliphatic carbocycles. The van der Waals surface area contributed by atoms with E-state index in [4.69, 9.17) is 17.3 Å². The lowest BCUT2D eigenvalue weighted by atomic mass is 9.94. The molecule has 3 nitrogen and oxygen atoms in total. The molecule has 0 spiro atoms. The highest BCUT2D eigenvalue weighted by atomic mass is 79.9. The number of benzene rings is 1. The van der Waals surface area contributed by atoms with Crippen molar-refractivity contribution in [2.24, 2.45) is 11.7 Å². The average molecular weight is 375 g/mol. The Hall–Kier alpha value is -0.130. The Morgan fingerprint density at radius 2 is 2.05 bits per heavy atom. The summed E-state index contributed by atoms with van der Waals surface area (Å²) in [6.45, 7) is 4.08. The number of hydrogen-bond donors (Lipinski definition) is 1. The van der Waals surface area contributed by atoms with Gasteiger partial charge in [0.2, 0.25) is 0 Å². The second-order valence-corrected chi connectivity index (χ2v) is 7.43. The Morgan fingerprint density at radius 3 is 2.57 bits per heavy atom. The monoisotopic (exact) mass is 373 g/mol. The zero-order valence-electron chi connectivity index (χ0n) is 12.9. The van der Waals surface area contributed by atoms with Gasteiger partial charge in [-0.3, -0.25) is 4.90 Å². The van der Waals surface area contributed by atoms with Crippen LogP contribution in [0.4, 0.5) is 0 Å². The van der Waals surface area contributed by atoms with Gasteiger partial charge in [-0.05, 0) is 79.6 Å².